The van der Waals surface area contributed by atoms with Crippen LogP contribution in [0.4, 0.5) is 0 Å². The van der Waals surface area contributed by atoms with Crippen molar-refractivity contribution in [3.63, 3.8) is 0 Å². The first-order valence-corrected chi connectivity index (χ1v) is 6.39. The van der Waals surface area contributed by atoms with Crippen LogP contribution in [0.1, 0.15) is 39.0 Å². The molecule has 0 radical (unpaired) electrons. The fourth-order valence-electron chi connectivity index (χ4n) is 3.60. The van der Waals surface area contributed by atoms with Crippen LogP contribution in [-0.2, 0) is 14.3 Å². The van der Waals surface area contributed by atoms with Gasteiger partial charge in [0.05, 0.1) is 6.61 Å². The summed E-state index contributed by atoms with van der Waals surface area (Å²) in [5, 5.41) is 2.49. The molecule has 4 nitrogen and oxygen atoms in total. The van der Waals surface area contributed by atoms with Crippen LogP contribution in [0.3, 0.4) is 0 Å². The predicted octanol–water partition coefficient (Wildman–Crippen LogP) is 1.49. The van der Waals surface area contributed by atoms with E-state index >= 15 is 0 Å². The molecule has 1 saturated carbocycles. The second kappa shape index (κ2) is 4.77. The largest absolute Gasteiger partial charge is 0.384 e. The third kappa shape index (κ3) is 2.37. The van der Waals surface area contributed by atoms with Crippen LogP contribution in [0.25, 0.3) is 0 Å². The SMILES string of the molecule is COCC1(C)CC(=O)NC(=O)C1C1CCCC1. The first kappa shape index (κ1) is 12.6. The van der Waals surface area contributed by atoms with E-state index in [2.05, 4.69) is 5.32 Å². The number of rotatable bonds is 3. The minimum absolute atomic E-state index is 0.0670. The molecule has 2 atom stereocenters. The Morgan fingerprint density at radius 3 is 2.59 bits per heavy atom. The molecule has 1 aliphatic carbocycles. The summed E-state index contributed by atoms with van der Waals surface area (Å²) in [4.78, 5) is 23.6. The first-order chi connectivity index (χ1) is 8.07. The number of carbonyl (C=O) groups excluding carboxylic acids is 2. The maximum absolute atomic E-state index is 12.1. The summed E-state index contributed by atoms with van der Waals surface area (Å²) in [6, 6.07) is 0. The van der Waals surface area contributed by atoms with E-state index in [0.717, 1.165) is 12.8 Å². The number of hydrogen-bond acceptors (Lipinski definition) is 3. The molecule has 1 saturated heterocycles. The fourth-order valence-corrected chi connectivity index (χ4v) is 3.60. The van der Waals surface area contributed by atoms with Crippen molar-refractivity contribution in [1.82, 2.24) is 5.32 Å². The van der Waals surface area contributed by atoms with Crippen LogP contribution in [0.2, 0.25) is 0 Å². The van der Waals surface area contributed by atoms with Gasteiger partial charge in [0.25, 0.3) is 0 Å². The second-order valence-corrected chi connectivity index (χ2v) is 5.70. The van der Waals surface area contributed by atoms with Gasteiger partial charge in [-0.1, -0.05) is 19.8 Å². The van der Waals surface area contributed by atoms with Crippen molar-refractivity contribution in [1.29, 1.82) is 0 Å². The molecule has 0 aromatic rings. The third-order valence-electron chi connectivity index (χ3n) is 4.21. The molecule has 2 rings (SSSR count). The highest BCUT2D eigenvalue weighted by Gasteiger charge is 2.49. The summed E-state index contributed by atoms with van der Waals surface area (Å²) in [5.74, 6) is 0.0994. The maximum atomic E-state index is 12.1. The van der Waals surface area contributed by atoms with Crippen molar-refractivity contribution in [2.45, 2.75) is 39.0 Å². The van der Waals surface area contributed by atoms with E-state index in [1.807, 2.05) is 6.92 Å². The van der Waals surface area contributed by atoms with E-state index in [9.17, 15) is 9.59 Å². The molecule has 2 fully saturated rings. The van der Waals surface area contributed by atoms with Gasteiger partial charge < -0.3 is 4.74 Å². The Labute approximate surface area is 102 Å². The van der Waals surface area contributed by atoms with Crippen molar-refractivity contribution in [3.8, 4) is 0 Å². The molecule has 4 heteroatoms. The Morgan fingerprint density at radius 1 is 1.35 bits per heavy atom. The van der Waals surface area contributed by atoms with Gasteiger partial charge in [-0.15, -0.1) is 0 Å². The van der Waals surface area contributed by atoms with Crippen molar-refractivity contribution in [3.05, 3.63) is 0 Å². The average molecular weight is 239 g/mol. The van der Waals surface area contributed by atoms with Crippen LogP contribution in [-0.4, -0.2) is 25.5 Å². The molecule has 17 heavy (non-hydrogen) atoms. The standard InChI is InChI=1S/C13H21NO3/c1-13(8-17-2)7-10(15)14-12(16)11(13)9-5-3-4-6-9/h9,11H,3-8H2,1-2H3,(H,14,15,16). The van der Waals surface area contributed by atoms with Gasteiger partial charge in [0.15, 0.2) is 0 Å². The molecule has 0 bridgehead atoms. The van der Waals surface area contributed by atoms with Gasteiger partial charge in [-0.05, 0) is 18.8 Å². The molecule has 0 aromatic carbocycles. The van der Waals surface area contributed by atoms with Crippen LogP contribution < -0.4 is 5.32 Å². The second-order valence-electron chi connectivity index (χ2n) is 5.70. The van der Waals surface area contributed by atoms with E-state index in [0.29, 0.717) is 18.9 Å². The highest BCUT2D eigenvalue weighted by atomic mass is 16.5. The van der Waals surface area contributed by atoms with Crippen molar-refractivity contribution in [2.24, 2.45) is 17.3 Å². The lowest BCUT2D eigenvalue weighted by Crippen LogP contribution is -2.54. The Bertz CT molecular complexity index is 323. The van der Waals surface area contributed by atoms with Gasteiger partial charge in [0, 0.05) is 24.9 Å². The minimum Gasteiger partial charge on any atom is -0.384 e. The molecule has 2 unspecified atom stereocenters. The smallest absolute Gasteiger partial charge is 0.230 e. The summed E-state index contributed by atoms with van der Waals surface area (Å²) in [7, 11) is 1.63. The lowest BCUT2D eigenvalue weighted by molar-refractivity contribution is -0.148. The average Bonchev–Trinajstić information content (AvgIpc) is 2.68. The van der Waals surface area contributed by atoms with E-state index < -0.39 is 0 Å². The number of methoxy groups -OCH3 is 1. The molecular formula is C13H21NO3. The van der Waals surface area contributed by atoms with E-state index in [1.165, 1.54) is 12.8 Å². The van der Waals surface area contributed by atoms with Crippen LogP contribution >= 0.6 is 0 Å². The number of carbonyl (C=O) groups is 2. The minimum atomic E-state index is -0.330. The molecule has 1 aliphatic heterocycles. The topological polar surface area (TPSA) is 55.4 Å². The van der Waals surface area contributed by atoms with Gasteiger partial charge in [-0.25, -0.2) is 0 Å². The molecule has 0 spiro atoms. The normalized spacial score (nSPS) is 35.1. The molecular weight excluding hydrogens is 218 g/mol. The maximum Gasteiger partial charge on any atom is 0.230 e. The summed E-state index contributed by atoms with van der Waals surface area (Å²) < 4.78 is 5.24. The lowest BCUT2D eigenvalue weighted by atomic mass is 9.66. The number of amides is 2. The van der Waals surface area contributed by atoms with E-state index in [4.69, 9.17) is 4.74 Å². The van der Waals surface area contributed by atoms with Gasteiger partial charge in [-0.3, -0.25) is 14.9 Å². The zero-order valence-electron chi connectivity index (χ0n) is 10.6. The fraction of sp³-hybridized carbons (Fsp3) is 0.846. The molecule has 1 heterocycles. The van der Waals surface area contributed by atoms with Crippen LogP contribution in [0.15, 0.2) is 0 Å². The molecule has 2 amide bonds. The van der Waals surface area contributed by atoms with Gasteiger partial charge >= 0.3 is 0 Å². The Balaban J connectivity index is 2.22. The zero-order valence-corrected chi connectivity index (χ0v) is 10.6. The summed E-state index contributed by atoms with van der Waals surface area (Å²) in [6.45, 7) is 2.49. The summed E-state index contributed by atoms with van der Waals surface area (Å²) >= 11 is 0. The number of piperidine rings is 1. The Kier molecular flexibility index (Phi) is 3.52. The molecule has 96 valence electrons. The first-order valence-electron chi connectivity index (χ1n) is 6.39. The quantitative estimate of drug-likeness (QED) is 0.759. The van der Waals surface area contributed by atoms with Gasteiger partial charge in [0.2, 0.25) is 11.8 Å². The number of hydrogen-bond donors (Lipinski definition) is 1. The van der Waals surface area contributed by atoms with E-state index in [-0.39, 0.29) is 23.1 Å². The Hall–Kier alpha value is -0.900. The predicted molar refractivity (Wildman–Crippen MR) is 63.2 cm³/mol. The van der Waals surface area contributed by atoms with Crippen LogP contribution in [0.5, 0.6) is 0 Å². The number of imide groups is 1. The van der Waals surface area contributed by atoms with Crippen molar-refractivity contribution < 1.29 is 14.3 Å². The molecule has 0 aromatic heterocycles. The highest BCUT2D eigenvalue weighted by Crippen LogP contribution is 2.45. The number of ether oxygens (including phenoxy) is 1. The Morgan fingerprint density at radius 2 is 2.00 bits per heavy atom. The molecule has 1 N–H and O–H groups in total. The lowest BCUT2D eigenvalue weighted by Gasteiger charge is -2.42. The summed E-state index contributed by atoms with van der Waals surface area (Å²) in [6.07, 6.45) is 5.00. The van der Waals surface area contributed by atoms with Crippen molar-refractivity contribution in [2.75, 3.05) is 13.7 Å². The zero-order chi connectivity index (χ0) is 12.5. The van der Waals surface area contributed by atoms with Crippen LogP contribution in [0, 0.1) is 17.3 Å². The summed E-state index contributed by atoms with van der Waals surface area (Å²) in [5.41, 5.74) is -0.330. The van der Waals surface area contributed by atoms with Gasteiger partial charge in [0.1, 0.15) is 0 Å². The molecule has 2 aliphatic rings. The third-order valence-corrected chi connectivity index (χ3v) is 4.21. The van der Waals surface area contributed by atoms with Crippen molar-refractivity contribution >= 4 is 11.8 Å². The van der Waals surface area contributed by atoms with E-state index in [1.54, 1.807) is 7.11 Å². The monoisotopic (exact) mass is 239 g/mol. The van der Waals surface area contributed by atoms with Gasteiger partial charge in [-0.2, -0.15) is 0 Å². The highest BCUT2D eigenvalue weighted by molar-refractivity contribution is 5.99. The number of nitrogens with one attached hydrogen (secondary N) is 1.